The fourth-order valence-corrected chi connectivity index (χ4v) is 3.96. The number of nitrogens with zero attached hydrogens (tertiary/aromatic N) is 2. The second kappa shape index (κ2) is 10.9. The van der Waals surface area contributed by atoms with Crippen molar-refractivity contribution in [1.29, 1.82) is 0 Å². The molecule has 0 atom stereocenters. The molecule has 2 aromatic carbocycles. The molecule has 2 N–H and O–H groups in total. The minimum absolute atomic E-state index is 0.207. The molecule has 2 heterocycles. The van der Waals surface area contributed by atoms with Crippen molar-refractivity contribution in [2.75, 3.05) is 45.7 Å². The summed E-state index contributed by atoms with van der Waals surface area (Å²) in [4.78, 5) is 19.0. The number of aromatic nitrogens is 1. The third-order valence-corrected chi connectivity index (χ3v) is 5.71. The van der Waals surface area contributed by atoms with Crippen LogP contribution in [0.5, 0.6) is 23.0 Å². The monoisotopic (exact) mass is 450 g/mol. The highest BCUT2D eigenvalue weighted by Crippen LogP contribution is 2.36. The molecule has 4 rings (SSSR count). The van der Waals surface area contributed by atoms with Crippen molar-refractivity contribution in [3.05, 3.63) is 48.7 Å². The smallest absolute Gasteiger partial charge is 0.319 e. The van der Waals surface area contributed by atoms with Gasteiger partial charge in [0.2, 0.25) is 0 Å². The van der Waals surface area contributed by atoms with Crippen LogP contribution in [-0.4, -0.2) is 56.3 Å². The molecule has 1 fully saturated rings. The Morgan fingerprint density at radius 2 is 1.70 bits per heavy atom. The van der Waals surface area contributed by atoms with Gasteiger partial charge in [0.05, 0.1) is 19.7 Å². The van der Waals surface area contributed by atoms with Crippen LogP contribution in [0, 0.1) is 0 Å². The first kappa shape index (κ1) is 22.7. The average Bonchev–Trinajstić information content (AvgIpc) is 2.85. The number of hydrogen-bond donors (Lipinski definition) is 2. The van der Waals surface area contributed by atoms with Crippen molar-refractivity contribution in [2.45, 2.75) is 19.3 Å². The Kier molecular flexibility index (Phi) is 7.47. The summed E-state index contributed by atoms with van der Waals surface area (Å²) in [5.41, 5.74) is 1.44. The van der Waals surface area contributed by atoms with E-state index < -0.39 is 0 Å². The van der Waals surface area contributed by atoms with E-state index in [-0.39, 0.29) is 6.03 Å². The maximum atomic E-state index is 12.2. The van der Waals surface area contributed by atoms with Crippen molar-refractivity contribution in [3.8, 4) is 23.0 Å². The molecule has 3 aromatic rings. The summed E-state index contributed by atoms with van der Waals surface area (Å²) in [6.07, 6.45) is 5.49. The van der Waals surface area contributed by atoms with Crippen LogP contribution < -0.4 is 24.8 Å². The standard InChI is InChI=1S/C25H30N4O4/c1-31-23-16-20-21(17-24(23)32-2)26-11-10-22(20)33-19-8-6-18(7-9-19)28-25(30)27-12-15-29-13-4-3-5-14-29/h6-11,16-17H,3-5,12-15H2,1-2H3,(H2,27,28,30). The maximum absolute atomic E-state index is 12.2. The lowest BCUT2D eigenvalue weighted by atomic mass is 10.1. The van der Waals surface area contributed by atoms with Crippen molar-refractivity contribution in [2.24, 2.45) is 0 Å². The van der Waals surface area contributed by atoms with Gasteiger partial charge in [0.1, 0.15) is 11.5 Å². The number of fused-ring (bicyclic) bond motifs is 1. The molecular weight excluding hydrogens is 420 g/mol. The second-order valence-corrected chi connectivity index (χ2v) is 7.94. The largest absolute Gasteiger partial charge is 0.493 e. The number of ether oxygens (including phenoxy) is 3. The van der Waals surface area contributed by atoms with Gasteiger partial charge in [-0.25, -0.2) is 4.79 Å². The number of amides is 2. The van der Waals surface area contributed by atoms with Crippen LogP contribution in [0.1, 0.15) is 19.3 Å². The van der Waals surface area contributed by atoms with E-state index in [1.165, 1.54) is 19.3 Å². The summed E-state index contributed by atoms with van der Waals surface area (Å²) in [5, 5.41) is 6.60. The molecular formula is C25H30N4O4. The summed E-state index contributed by atoms with van der Waals surface area (Å²) in [5.74, 6) is 2.51. The van der Waals surface area contributed by atoms with E-state index in [0.29, 0.717) is 35.2 Å². The highest BCUT2D eigenvalue weighted by atomic mass is 16.5. The first-order chi connectivity index (χ1) is 16.2. The number of anilines is 1. The van der Waals surface area contributed by atoms with Crippen LogP contribution in [0.4, 0.5) is 10.5 Å². The van der Waals surface area contributed by atoms with Crippen LogP contribution in [0.2, 0.25) is 0 Å². The summed E-state index contributed by atoms with van der Waals surface area (Å²) in [6.45, 7) is 3.77. The van der Waals surface area contributed by atoms with E-state index in [0.717, 1.165) is 30.5 Å². The van der Waals surface area contributed by atoms with Gasteiger partial charge >= 0.3 is 6.03 Å². The molecule has 174 valence electrons. The van der Waals surface area contributed by atoms with Gasteiger partial charge in [0.15, 0.2) is 11.5 Å². The van der Waals surface area contributed by atoms with Gasteiger partial charge in [-0.1, -0.05) is 6.42 Å². The normalized spacial score (nSPS) is 14.0. The molecule has 0 aliphatic carbocycles. The number of likely N-dealkylation sites (tertiary alicyclic amines) is 1. The quantitative estimate of drug-likeness (QED) is 0.520. The molecule has 1 saturated heterocycles. The predicted molar refractivity (Wildman–Crippen MR) is 129 cm³/mol. The van der Waals surface area contributed by atoms with Gasteiger partial charge < -0.3 is 29.7 Å². The Labute approximate surface area is 193 Å². The molecule has 33 heavy (non-hydrogen) atoms. The molecule has 1 aliphatic heterocycles. The number of benzene rings is 2. The van der Waals surface area contributed by atoms with Crippen molar-refractivity contribution in [1.82, 2.24) is 15.2 Å². The molecule has 0 spiro atoms. The number of carbonyl (C=O) groups is 1. The van der Waals surface area contributed by atoms with Crippen LogP contribution >= 0.6 is 0 Å². The van der Waals surface area contributed by atoms with Gasteiger partial charge in [-0.05, 0) is 62.3 Å². The van der Waals surface area contributed by atoms with Crippen molar-refractivity contribution < 1.29 is 19.0 Å². The Hall–Kier alpha value is -3.52. The molecule has 8 heteroatoms. The third-order valence-electron chi connectivity index (χ3n) is 5.71. The lowest BCUT2D eigenvalue weighted by molar-refractivity contribution is 0.224. The number of rotatable bonds is 8. The molecule has 0 unspecified atom stereocenters. The van der Waals surface area contributed by atoms with Gasteiger partial charge in [0, 0.05) is 36.4 Å². The first-order valence-corrected chi connectivity index (χ1v) is 11.2. The van der Waals surface area contributed by atoms with E-state index in [2.05, 4.69) is 20.5 Å². The lowest BCUT2D eigenvalue weighted by Gasteiger charge is -2.26. The van der Waals surface area contributed by atoms with Gasteiger partial charge in [-0.2, -0.15) is 0 Å². The fourth-order valence-electron chi connectivity index (χ4n) is 3.96. The zero-order chi connectivity index (χ0) is 23.0. The summed E-state index contributed by atoms with van der Waals surface area (Å²) < 4.78 is 16.8. The molecule has 8 nitrogen and oxygen atoms in total. The number of urea groups is 1. The van der Waals surface area contributed by atoms with Crippen molar-refractivity contribution in [3.63, 3.8) is 0 Å². The van der Waals surface area contributed by atoms with Gasteiger partial charge in [0.25, 0.3) is 0 Å². The number of nitrogens with one attached hydrogen (secondary N) is 2. The second-order valence-electron chi connectivity index (χ2n) is 7.94. The van der Waals surface area contributed by atoms with E-state index in [1.54, 1.807) is 26.5 Å². The van der Waals surface area contributed by atoms with Crippen LogP contribution in [0.25, 0.3) is 10.9 Å². The van der Waals surface area contributed by atoms with E-state index >= 15 is 0 Å². The topological polar surface area (TPSA) is 85.0 Å². The van der Waals surface area contributed by atoms with E-state index in [9.17, 15) is 4.79 Å². The Morgan fingerprint density at radius 1 is 0.970 bits per heavy atom. The van der Waals surface area contributed by atoms with E-state index in [4.69, 9.17) is 14.2 Å². The molecule has 0 radical (unpaired) electrons. The molecule has 0 bridgehead atoms. The number of pyridine rings is 1. The average molecular weight is 451 g/mol. The summed E-state index contributed by atoms with van der Waals surface area (Å²) in [7, 11) is 3.19. The zero-order valence-electron chi connectivity index (χ0n) is 19.1. The van der Waals surface area contributed by atoms with Gasteiger partial charge in [-0.3, -0.25) is 4.98 Å². The zero-order valence-corrected chi connectivity index (χ0v) is 19.1. The number of hydrogen-bond acceptors (Lipinski definition) is 6. The van der Waals surface area contributed by atoms with Crippen LogP contribution in [0.3, 0.4) is 0 Å². The predicted octanol–water partition coefficient (Wildman–Crippen LogP) is 4.65. The van der Waals surface area contributed by atoms with Crippen molar-refractivity contribution >= 4 is 22.6 Å². The maximum Gasteiger partial charge on any atom is 0.319 e. The Bertz CT molecular complexity index is 1080. The Balaban J connectivity index is 1.35. The minimum atomic E-state index is -0.207. The lowest BCUT2D eigenvalue weighted by Crippen LogP contribution is -2.39. The number of carbonyl (C=O) groups excluding carboxylic acids is 1. The molecule has 2 amide bonds. The molecule has 1 aromatic heterocycles. The summed E-state index contributed by atoms with van der Waals surface area (Å²) >= 11 is 0. The third kappa shape index (κ3) is 5.84. The molecule has 0 saturated carbocycles. The SMILES string of the molecule is COc1cc2nccc(Oc3ccc(NC(=O)NCCN4CCCCC4)cc3)c2cc1OC. The highest BCUT2D eigenvalue weighted by molar-refractivity contribution is 5.89. The fraction of sp³-hybridized carbons (Fsp3) is 0.360. The minimum Gasteiger partial charge on any atom is -0.493 e. The van der Waals surface area contributed by atoms with E-state index in [1.807, 2.05) is 36.4 Å². The number of methoxy groups -OCH3 is 2. The van der Waals surface area contributed by atoms with Gasteiger partial charge in [-0.15, -0.1) is 0 Å². The molecule has 1 aliphatic rings. The highest BCUT2D eigenvalue weighted by Gasteiger charge is 2.12. The van der Waals surface area contributed by atoms with Crippen LogP contribution in [0.15, 0.2) is 48.7 Å². The summed E-state index contributed by atoms with van der Waals surface area (Å²) in [6, 6.07) is 12.5. The Morgan fingerprint density at radius 3 is 2.42 bits per heavy atom. The number of piperidine rings is 1. The van der Waals surface area contributed by atoms with Crippen LogP contribution in [-0.2, 0) is 0 Å². The first-order valence-electron chi connectivity index (χ1n) is 11.2.